The van der Waals surface area contributed by atoms with Gasteiger partial charge in [-0.05, 0) is 43.5 Å². The van der Waals surface area contributed by atoms with Gasteiger partial charge in [-0.2, -0.15) is 5.10 Å². The molecule has 1 aliphatic heterocycles. The van der Waals surface area contributed by atoms with Crippen molar-refractivity contribution in [2.45, 2.75) is 31.4 Å². The fourth-order valence-corrected chi connectivity index (χ4v) is 3.45. The van der Waals surface area contributed by atoms with Gasteiger partial charge in [-0.15, -0.1) is 0 Å². The molecule has 0 saturated carbocycles. The van der Waals surface area contributed by atoms with Crippen molar-refractivity contribution in [3.8, 4) is 5.75 Å². The van der Waals surface area contributed by atoms with Crippen LogP contribution >= 0.6 is 0 Å². The summed E-state index contributed by atoms with van der Waals surface area (Å²) in [5, 5.41) is 15.2. The molecule has 0 aliphatic carbocycles. The van der Waals surface area contributed by atoms with Crippen molar-refractivity contribution in [1.29, 1.82) is 0 Å². The summed E-state index contributed by atoms with van der Waals surface area (Å²) in [5.41, 5.74) is 0.183. The fraction of sp³-hybridized carbons (Fsp3) is 0.444. The van der Waals surface area contributed by atoms with Crippen LogP contribution in [0.1, 0.15) is 35.8 Å². The topological polar surface area (TPSA) is 67.6 Å². The Kier molecular flexibility index (Phi) is 4.32. The second kappa shape index (κ2) is 6.28. The van der Waals surface area contributed by atoms with Gasteiger partial charge in [0.1, 0.15) is 17.0 Å². The SMILES string of the molecule is COc1ccc([C@](C)(O)[C@@H]2CCCN2C(=O)c2ccnn2C)cc1. The van der Waals surface area contributed by atoms with E-state index in [4.69, 9.17) is 4.74 Å². The molecule has 0 bridgehead atoms. The number of amides is 1. The lowest BCUT2D eigenvalue weighted by Gasteiger charge is -2.37. The van der Waals surface area contributed by atoms with Gasteiger partial charge in [-0.1, -0.05) is 12.1 Å². The summed E-state index contributed by atoms with van der Waals surface area (Å²) in [5.74, 6) is 0.648. The number of hydrogen-bond donors (Lipinski definition) is 1. The van der Waals surface area contributed by atoms with Gasteiger partial charge in [0.2, 0.25) is 0 Å². The van der Waals surface area contributed by atoms with Crippen LogP contribution in [0.2, 0.25) is 0 Å². The highest BCUT2D eigenvalue weighted by atomic mass is 16.5. The number of likely N-dealkylation sites (tertiary alicyclic amines) is 1. The Morgan fingerprint density at radius 2 is 2.04 bits per heavy atom. The number of aliphatic hydroxyl groups is 1. The number of hydrogen-bond acceptors (Lipinski definition) is 4. The summed E-state index contributed by atoms with van der Waals surface area (Å²) >= 11 is 0. The summed E-state index contributed by atoms with van der Waals surface area (Å²) in [4.78, 5) is 14.6. The van der Waals surface area contributed by atoms with Crippen LogP contribution in [0, 0.1) is 0 Å². The first-order valence-electron chi connectivity index (χ1n) is 8.11. The van der Waals surface area contributed by atoms with E-state index in [2.05, 4.69) is 5.10 Å². The number of nitrogens with zero attached hydrogens (tertiary/aromatic N) is 3. The van der Waals surface area contributed by atoms with Crippen molar-refractivity contribution >= 4 is 5.91 Å². The van der Waals surface area contributed by atoms with Crippen LogP contribution in [-0.2, 0) is 12.6 Å². The van der Waals surface area contributed by atoms with Gasteiger partial charge in [0, 0.05) is 19.8 Å². The van der Waals surface area contributed by atoms with E-state index in [9.17, 15) is 9.90 Å². The van der Waals surface area contributed by atoms with Crippen molar-refractivity contribution in [1.82, 2.24) is 14.7 Å². The molecule has 0 radical (unpaired) electrons. The third kappa shape index (κ3) is 2.78. The molecule has 1 aromatic carbocycles. The van der Waals surface area contributed by atoms with Gasteiger partial charge in [-0.3, -0.25) is 9.48 Å². The largest absolute Gasteiger partial charge is 0.497 e. The quantitative estimate of drug-likeness (QED) is 0.931. The summed E-state index contributed by atoms with van der Waals surface area (Å²) in [6.07, 6.45) is 3.25. The molecule has 1 fully saturated rings. The molecule has 1 aromatic heterocycles. The van der Waals surface area contributed by atoms with E-state index in [0.29, 0.717) is 12.2 Å². The number of ether oxygens (including phenoxy) is 1. The van der Waals surface area contributed by atoms with Crippen LogP contribution in [0.5, 0.6) is 5.75 Å². The molecule has 1 aliphatic rings. The lowest BCUT2D eigenvalue weighted by molar-refractivity contribution is -0.0180. The Bertz CT molecular complexity index is 721. The van der Waals surface area contributed by atoms with E-state index < -0.39 is 5.60 Å². The van der Waals surface area contributed by atoms with Crippen molar-refractivity contribution in [3.63, 3.8) is 0 Å². The smallest absolute Gasteiger partial charge is 0.272 e. The lowest BCUT2D eigenvalue weighted by Crippen LogP contribution is -2.48. The highest BCUT2D eigenvalue weighted by Gasteiger charge is 2.43. The van der Waals surface area contributed by atoms with Gasteiger partial charge < -0.3 is 14.7 Å². The highest BCUT2D eigenvalue weighted by molar-refractivity contribution is 5.93. The van der Waals surface area contributed by atoms with Crippen molar-refractivity contribution in [2.75, 3.05) is 13.7 Å². The summed E-state index contributed by atoms with van der Waals surface area (Å²) < 4.78 is 6.74. The monoisotopic (exact) mass is 329 g/mol. The van der Waals surface area contributed by atoms with Gasteiger partial charge in [0.25, 0.3) is 5.91 Å². The molecule has 3 rings (SSSR count). The molecule has 0 spiro atoms. The first-order chi connectivity index (χ1) is 11.4. The minimum Gasteiger partial charge on any atom is -0.497 e. The Morgan fingerprint density at radius 3 is 2.62 bits per heavy atom. The molecule has 2 atom stereocenters. The molecule has 6 nitrogen and oxygen atoms in total. The van der Waals surface area contributed by atoms with Crippen LogP contribution in [0.25, 0.3) is 0 Å². The predicted octanol–water partition coefficient (Wildman–Crippen LogP) is 1.94. The van der Waals surface area contributed by atoms with Crippen molar-refractivity contribution < 1.29 is 14.6 Å². The van der Waals surface area contributed by atoms with Gasteiger partial charge in [-0.25, -0.2) is 0 Å². The van der Waals surface area contributed by atoms with Crippen molar-refractivity contribution in [2.24, 2.45) is 7.05 Å². The molecule has 128 valence electrons. The number of benzene rings is 1. The second-order valence-corrected chi connectivity index (χ2v) is 6.37. The predicted molar refractivity (Wildman–Crippen MR) is 89.8 cm³/mol. The molecule has 2 heterocycles. The Morgan fingerprint density at radius 1 is 1.33 bits per heavy atom. The van der Waals surface area contributed by atoms with Crippen molar-refractivity contribution in [3.05, 3.63) is 47.8 Å². The first kappa shape index (κ1) is 16.5. The second-order valence-electron chi connectivity index (χ2n) is 6.37. The Labute approximate surface area is 141 Å². The Hall–Kier alpha value is -2.34. The molecule has 6 heteroatoms. The van der Waals surface area contributed by atoms with E-state index in [0.717, 1.165) is 24.2 Å². The first-order valence-corrected chi connectivity index (χ1v) is 8.11. The molecular formula is C18H23N3O3. The average Bonchev–Trinajstić information content (AvgIpc) is 3.23. The van der Waals surface area contributed by atoms with Crippen LogP contribution < -0.4 is 4.74 Å². The molecule has 1 saturated heterocycles. The van der Waals surface area contributed by atoms with Gasteiger partial charge >= 0.3 is 0 Å². The number of carbonyl (C=O) groups is 1. The molecule has 2 aromatic rings. The summed E-state index contributed by atoms with van der Waals surface area (Å²) in [6.45, 7) is 2.41. The zero-order valence-electron chi connectivity index (χ0n) is 14.3. The maximum absolute atomic E-state index is 12.9. The third-order valence-corrected chi connectivity index (χ3v) is 4.88. The Balaban J connectivity index is 1.88. The maximum atomic E-state index is 12.9. The van der Waals surface area contributed by atoms with E-state index in [1.807, 2.05) is 24.3 Å². The van der Waals surface area contributed by atoms with E-state index in [-0.39, 0.29) is 11.9 Å². The molecule has 0 unspecified atom stereocenters. The standard InChI is InChI=1S/C18H23N3O3/c1-18(23,13-6-8-14(24-3)9-7-13)16-5-4-12-21(16)17(22)15-10-11-19-20(15)2/h6-11,16,23H,4-5,12H2,1-3H3/t16-,18-/m0/s1. The zero-order chi connectivity index (χ0) is 17.3. The number of aryl methyl sites for hydroxylation is 1. The van der Waals surface area contributed by atoms with E-state index >= 15 is 0 Å². The average molecular weight is 329 g/mol. The molecule has 1 amide bonds. The zero-order valence-corrected chi connectivity index (χ0v) is 14.3. The van der Waals surface area contributed by atoms with Gasteiger partial charge in [0.15, 0.2) is 0 Å². The number of methoxy groups -OCH3 is 1. The third-order valence-electron chi connectivity index (χ3n) is 4.88. The lowest BCUT2D eigenvalue weighted by atomic mass is 9.86. The molecule has 24 heavy (non-hydrogen) atoms. The summed E-state index contributed by atoms with van der Waals surface area (Å²) in [6, 6.07) is 8.79. The van der Waals surface area contributed by atoms with E-state index in [1.54, 1.807) is 42.9 Å². The van der Waals surface area contributed by atoms with Crippen LogP contribution in [0.4, 0.5) is 0 Å². The van der Waals surface area contributed by atoms with Crippen LogP contribution in [0.3, 0.4) is 0 Å². The molecular weight excluding hydrogens is 306 g/mol. The van der Waals surface area contributed by atoms with Gasteiger partial charge in [0.05, 0.1) is 13.2 Å². The number of carbonyl (C=O) groups excluding carboxylic acids is 1. The number of aromatic nitrogens is 2. The van der Waals surface area contributed by atoms with E-state index in [1.165, 1.54) is 0 Å². The normalized spacial score (nSPS) is 20.0. The molecule has 1 N–H and O–H groups in total. The number of rotatable bonds is 4. The maximum Gasteiger partial charge on any atom is 0.272 e. The highest BCUT2D eigenvalue weighted by Crippen LogP contribution is 2.36. The van der Waals surface area contributed by atoms with Crippen LogP contribution in [0.15, 0.2) is 36.5 Å². The summed E-state index contributed by atoms with van der Waals surface area (Å²) in [7, 11) is 3.36. The van der Waals surface area contributed by atoms with Crippen LogP contribution in [-0.4, -0.2) is 45.4 Å². The minimum absolute atomic E-state index is 0.0914. The fourth-order valence-electron chi connectivity index (χ4n) is 3.45. The minimum atomic E-state index is -1.13.